The van der Waals surface area contributed by atoms with E-state index in [1.807, 2.05) is 18.2 Å². The molecule has 3 rings (SSSR count). The SMILES string of the molecule is O=C(N=Nc1c(O)[nH]c2ccc(Br)cc12)c1ccc(I)cc1. The first-order valence-electron chi connectivity index (χ1n) is 6.26. The molecule has 1 heterocycles. The van der Waals surface area contributed by atoms with Gasteiger partial charge in [-0.3, -0.25) is 4.79 Å². The van der Waals surface area contributed by atoms with E-state index in [9.17, 15) is 9.90 Å². The van der Waals surface area contributed by atoms with E-state index in [2.05, 4.69) is 53.7 Å². The molecule has 0 saturated carbocycles. The molecule has 110 valence electrons. The average molecular weight is 470 g/mol. The maximum atomic E-state index is 12.0. The summed E-state index contributed by atoms with van der Waals surface area (Å²) >= 11 is 5.52. The Morgan fingerprint density at radius 2 is 1.91 bits per heavy atom. The number of fused-ring (bicyclic) bond motifs is 1. The third-order valence-corrected chi connectivity index (χ3v) is 4.26. The number of hydrogen-bond donors (Lipinski definition) is 2. The van der Waals surface area contributed by atoms with Crippen molar-refractivity contribution in [2.45, 2.75) is 0 Å². The van der Waals surface area contributed by atoms with Gasteiger partial charge in [0.25, 0.3) is 5.91 Å². The van der Waals surface area contributed by atoms with Crippen LogP contribution in [0.1, 0.15) is 10.4 Å². The quantitative estimate of drug-likeness (QED) is 0.401. The first-order valence-corrected chi connectivity index (χ1v) is 8.13. The van der Waals surface area contributed by atoms with Gasteiger partial charge in [-0.1, -0.05) is 15.9 Å². The van der Waals surface area contributed by atoms with Gasteiger partial charge in [0.05, 0.1) is 5.52 Å². The van der Waals surface area contributed by atoms with Crippen LogP contribution in [0.2, 0.25) is 0 Å². The highest BCUT2D eigenvalue weighted by atomic mass is 127. The van der Waals surface area contributed by atoms with Crippen molar-refractivity contribution in [3.05, 3.63) is 56.1 Å². The highest BCUT2D eigenvalue weighted by molar-refractivity contribution is 14.1. The minimum absolute atomic E-state index is 0.118. The van der Waals surface area contributed by atoms with Gasteiger partial charge in [0.15, 0.2) is 5.69 Å². The Balaban J connectivity index is 1.95. The zero-order valence-electron chi connectivity index (χ0n) is 11.0. The van der Waals surface area contributed by atoms with E-state index in [0.29, 0.717) is 10.9 Å². The number of rotatable bonds is 2. The third-order valence-electron chi connectivity index (χ3n) is 3.05. The molecule has 22 heavy (non-hydrogen) atoms. The summed E-state index contributed by atoms with van der Waals surface area (Å²) in [6, 6.07) is 12.5. The lowest BCUT2D eigenvalue weighted by Gasteiger charge is -1.95. The number of aromatic nitrogens is 1. The lowest BCUT2D eigenvalue weighted by molar-refractivity contribution is 0.0995. The monoisotopic (exact) mass is 469 g/mol. The molecular weight excluding hydrogens is 461 g/mol. The summed E-state index contributed by atoms with van der Waals surface area (Å²) in [6.45, 7) is 0. The summed E-state index contributed by atoms with van der Waals surface area (Å²) < 4.78 is 1.88. The van der Waals surface area contributed by atoms with Gasteiger partial charge in [-0.05, 0) is 65.1 Å². The number of nitrogens with one attached hydrogen (secondary N) is 1. The molecule has 7 heteroatoms. The second kappa shape index (κ2) is 6.17. The summed E-state index contributed by atoms with van der Waals surface area (Å²) in [5.41, 5.74) is 1.41. The highest BCUT2D eigenvalue weighted by Gasteiger charge is 2.12. The van der Waals surface area contributed by atoms with E-state index in [1.165, 1.54) is 0 Å². The van der Waals surface area contributed by atoms with Gasteiger partial charge in [0.1, 0.15) is 0 Å². The predicted octanol–water partition coefficient (Wildman–Crippen LogP) is 5.16. The van der Waals surface area contributed by atoms with Crippen molar-refractivity contribution < 1.29 is 9.90 Å². The summed E-state index contributed by atoms with van der Waals surface area (Å²) in [5, 5.41) is 18.2. The molecule has 0 fully saturated rings. The highest BCUT2D eigenvalue weighted by Crippen LogP contribution is 2.36. The van der Waals surface area contributed by atoms with Crippen molar-refractivity contribution in [1.29, 1.82) is 0 Å². The van der Waals surface area contributed by atoms with Crippen LogP contribution in [-0.4, -0.2) is 16.0 Å². The minimum atomic E-state index is -0.458. The fourth-order valence-corrected chi connectivity index (χ4v) is 2.70. The van der Waals surface area contributed by atoms with E-state index >= 15 is 0 Å². The van der Waals surface area contributed by atoms with Crippen LogP contribution in [0.25, 0.3) is 10.9 Å². The van der Waals surface area contributed by atoms with Crippen LogP contribution in [0.5, 0.6) is 5.88 Å². The molecule has 2 aromatic carbocycles. The summed E-state index contributed by atoms with van der Waals surface area (Å²) in [5.74, 6) is -0.576. The van der Waals surface area contributed by atoms with Gasteiger partial charge < -0.3 is 10.1 Å². The lowest BCUT2D eigenvalue weighted by Crippen LogP contribution is -1.92. The molecule has 0 aliphatic heterocycles. The van der Waals surface area contributed by atoms with Crippen LogP contribution in [0.3, 0.4) is 0 Å². The molecular formula is C15H9BrIN3O2. The lowest BCUT2D eigenvalue weighted by atomic mass is 10.2. The van der Waals surface area contributed by atoms with Gasteiger partial charge in [-0.2, -0.15) is 0 Å². The molecule has 0 aliphatic carbocycles. The summed E-state index contributed by atoms with van der Waals surface area (Å²) in [7, 11) is 0. The topological polar surface area (TPSA) is 77.8 Å². The minimum Gasteiger partial charge on any atom is -0.493 e. The molecule has 2 N–H and O–H groups in total. The van der Waals surface area contributed by atoms with Crippen molar-refractivity contribution in [3.8, 4) is 5.88 Å². The molecule has 0 radical (unpaired) electrons. The molecule has 3 aromatic rings. The average Bonchev–Trinajstić information content (AvgIpc) is 2.80. The Morgan fingerprint density at radius 3 is 2.64 bits per heavy atom. The number of aromatic amines is 1. The van der Waals surface area contributed by atoms with Crippen molar-refractivity contribution in [2.75, 3.05) is 0 Å². The Kier molecular flexibility index (Phi) is 4.25. The van der Waals surface area contributed by atoms with E-state index in [-0.39, 0.29) is 11.6 Å². The number of carbonyl (C=O) groups excluding carboxylic acids is 1. The van der Waals surface area contributed by atoms with E-state index in [0.717, 1.165) is 13.6 Å². The molecule has 0 spiro atoms. The number of carbonyl (C=O) groups is 1. The third kappa shape index (κ3) is 3.05. The van der Waals surface area contributed by atoms with Gasteiger partial charge in [0.2, 0.25) is 5.88 Å². The normalized spacial score (nSPS) is 11.4. The number of nitrogens with zero attached hydrogens (tertiary/aromatic N) is 2. The van der Waals surface area contributed by atoms with Crippen molar-refractivity contribution in [2.24, 2.45) is 10.2 Å². The van der Waals surface area contributed by atoms with Crippen molar-refractivity contribution in [1.82, 2.24) is 4.98 Å². The van der Waals surface area contributed by atoms with Gasteiger partial charge in [-0.15, -0.1) is 10.2 Å². The summed E-state index contributed by atoms with van der Waals surface area (Å²) in [4.78, 5) is 14.8. The number of aromatic hydroxyl groups is 1. The first kappa shape index (κ1) is 15.2. The number of benzene rings is 2. The number of amides is 1. The van der Waals surface area contributed by atoms with Crippen molar-refractivity contribution in [3.63, 3.8) is 0 Å². The second-order valence-electron chi connectivity index (χ2n) is 4.52. The standard InChI is InChI=1S/C15H9BrIN3O2/c16-9-3-6-12-11(7-9)13(15(22)18-12)19-20-14(21)8-1-4-10(17)5-2-8/h1-7,18,22H. The van der Waals surface area contributed by atoms with Gasteiger partial charge in [-0.25, -0.2) is 0 Å². The smallest absolute Gasteiger partial charge is 0.295 e. The molecule has 0 bridgehead atoms. The van der Waals surface area contributed by atoms with Gasteiger partial charge >= 0.3 is 0 Å². The largest absolute Gasteiger partial charge is 0.493 e. The Bertz CT molecular complexity index is 888. The Hall–Kier alpha value is -1.74. The second-order valence-corrected chi connectivity index (χ2v) is 6.69. The van der Waals surface area contributed by atoms with Crippen LogP contribution < -0.4 is 0 Å². The van der Waals surface area contributed by atoms with Gasteiger partial charge in [0, 0.05) is 19.0 Å². The Labute approximate surface area is 147 Å². The van der Waals surface area contributed by atoms with Crippen LogP contribution in [0.4, 0.5) is 5.69 Å². The summed E-state index contributed by atoms with van der Waals surface area (Å²) in [6.07, 6.45) is 0. The fourth-order valence-electron chi connectivity index (χ4n) is 1.98. The maximum absolute atomic E-state index is 12.0. The fraction of sp³-hybridized carbons (Fsp3) is 0. The Morgan fingerprint density at radius 1 is 1.18 bits per heavy atom. The zero-order valence-corrected chi connectivity index (χ0v) is 14.8. The number of hydrogen-bond acceptors (Lipinski definition) is 3. The molecule has 0 unspecified atom stereocenters. The van der Waals surface area contributed by atoms with Crippen LogP contribution in [0.15, 0.2) is 57.2 Å². The van der Waals surface area contributed by atoms with E-state index < -0.39 is 5.91 Å². The van der Waals surface area contributed by atoms with E-state index in [1.54, 1.807) is 24.3 Å². The van der Waals surface area contributed by atoms with Crippen LogP contribution >= 0.6 is 38.5 Å². The van der Waals surface area contributed by atoms with E-state index in [4.69, 9.17) is 0 Å². The molecule has 1 aromatic heterocycles. The maximum Gasteiger partial charge on any atom is 0.295 e. The van der Waals surface area contributed by atoms with Crippen LogP contribution in [0, 0.1) is 3.57 Å². The zero-order chi connectivity index (χ0) is 15.7. The number of azo groups is 1. The predicted molar refractivity (Wildman–Crippen MR) is 95.7 cm³/mol. The number of halogens is 2. The molecule has 0 atom stereocenters. The molecule has 5 nitrogen and oxygen atoms in total. The molecule has 0 saturated heterocycles. The van der Waals surface area contributed by atoms with Crippen LogP contribution in [-0.2, 0) is 0 Å². The number of H-pyrrole nitrogens is 1. The van der Waals surface area contributed by atoms with Crippen molar-refractivity contribution >= 4 is 61.0 Å². The molecule has 1 amide bonds. The molecule has 0 aliphatic rings. The first-order chi connectivity index (χ1) is 10.5.